The standard InChI is InChI=1S/C16H16FNO4/c17-11-1-3-13(4-2-11)21-10-14-5-6-15(22-14)16(20)18-8-7-12(19)9-18/h1-6,12,19H,7-10H2/t12-/m1/s1. The average Bonchev–Trinajstić information content (AvgIpc) is 3.15. The molecule has 1 aliphatic rings. The molecule has 1 N–H and O–H groups in total. The number of halogens is 1. The molecule has 3 rings (SSSR count). The molecule has 1 aromatic heterocycles. The number of aliphatic hydroxyl groups is 1. The van der Waals surface area contributed by atoms with Gasteiger partial charge in [0, 0.05) is 13.1 Å². The molecule has 1 amide bonds. The molecule has 0 unspecified atom stereocenters. The Balaban J connectivity index is 1.59. The van der Waals surface area contributed by atoms with Gasteiger partial charge in [-0.25, -0.2) is 4.39 Å². The molecule has 116 valence electrons. The van der Waals surface area contributed by atoms with Crippen LogP contribution in [0.2, 0.25) is 0 Å². The highest BCUT2D eigenvalue weighted by Crippen LogP contribution is 2.18. The summed E-state index contributed by atoms with van der Waals surface area (Å²) in [7, 11) is 0. The van der Waals surface area contributed by atoms with Gasteiger partial charge in [-0.3, -0.25) is 4.79 Å². The van der Waals surface area contributed by atoms with Crippen LogP contribution in [0.25, 0.3) is 0 Å². The van der Waals surface area contributed by atoms with E-state index in [4.69, 9.17) is 9.15 Å². The van der Waals surface area contributed by atoms with E-state index in [1.165, 1.54) is 24.3 Å². The molecule has 0 aliphatic carbocycles. The van der Waals surface area contributed by atoms with Gasteiger partial charge in [0.2, 0.25) is 0 Å². The topological polar surface area (TPSA) is 62.9 Å². The predicted molar refractivity (Wildman–Crippen MR) is 76.0 cm³/mol. The third-order valence-electron chi connectivity index (χ3n) is 3.52. The highest BCUT2D eigenvalue weighted by molar-refractivity contribution is 5.91. The molecule has 1 saturated heterocycles. The monoisotopic (exact) mass is 305 g/mol. The first-order valence-corrected chi connectivity index (χ1v) is 7.06. The number of β-amino-alcohol motifs (C(OH)–C–C–N with tert-alkyl or cyclic N) is 1. The van der Waals surface area contributed by atoms with Crippen molar-refractivity contribution in [1.29, 1.82) is 0 Å². The lowest BCUT2D eigenvalue weighted by Crippen LogP contribution is -2.29. The molecule has 2 aromatic rings. The van der Waals surface area contributed by atoms with Crippen LogP contribution in [0, 0.1) is 5.82 Å². The van der Waals surface area contributed by atoms with E-state index in [2.05, 4.69) is 0 Å². The van der Waals surface area contributed by atoms with Crippen LogP contribution < -0.4 is 4.74 Å². The van der Waals surface area contributed by atoms with Crippen LogP contribution in [0.1, 0.15) is 22.7 Å². The molecule has 0 bridgehead atoms. The lowest BCUT2D eigenvalue weighted by Gasteiger charge is -2.13. The van der Waals surface area contributed by atoms with Crippen molar-refractivity contribution < 1.29 is 23.4 Å². The molecule has 2 heterocycles. The fraction of sp³-hybridized carbons (Fsp3) is 0.312. The third-order valence-corrected chi connectivity index (χ3v) is 3.52. The molecular weight excluding hydrogens is 289 g/mol. The van der Waals surface area contributed by atoms with E-state index in [1.807, 2.05) is 0 Å². The summed E-state index contributed by atoms with van der Waals surface area (Å²) in [6, 6.07) is 8.93. The maximum absolute atomic E-state index is 12.8. The van der Waals surface area contributed by atoms with Gasteiger partial charge in [0.05, 0.1) is 6.10 Å². The van der Waals surface area contributed by atoms with Gasteiger partial charge >= 0.3 is 0 Å². The number of nitrogens with zero attached hydrogens (tertiary/aromatic N) is 1. The number of carbonyl (C=O) groups excluding carboxylic acids is 1. The summed E-state index contributed by atoms with van der Waals surface area (Å²) in [5.74, 6) is 0.697. The maximum atomic E-state index is 12.8. The summed E-state index contributed by atoms with van der Waals surface area (Å²) in [5, 5.41) is 9.46. The van der Waals surface area contributed by atoms with Gasteiger partial charge in [0.15, 0.2) is 5.76 Å². The summed E-state index contributed by atoms with van der Waals surface area (Å²) in [5.41, 5.74) is 0. The fourth-order valence-corrected chi connectivity index (χ4v) is 2.34. The highest BCUT2D eigenvalue weighted by Gasteiger charge is 2.27. The van der Waals surface area contributed by atoms with E-state index in [1.54, 1.807) is 17.0 Å². The normalized spacial score (nSPS) is 17.7. The van der Waals surface area contributed by atoms with Gasteiger partial charge in [-0.05, 0) is 42.8 Å². The number of aliphatic hydroxyl groups excluding tert-OH is 1. The zero-order valence-electron chi connectivity index (χ0n) is 11.9. The van der Waals surface area contributed by atoms with E-state index < -0.39 is 6.10 Å². The van der Waals surface area contributed by atoms with Crippen LogP contribution in [-0.2, 0) is 6.61 Å². The summed E-state index contributed by atoms with van der Waals surface area (Å²) in [6.45, 7) is 1.02. The number of rotatable bonds is 4. The van der Waals surface area contributed by atoms with Crippen molar-refractivity contribution in [2.45, 2.75) is 19.1 Å². The summed E-state index contributed by atoms with van der Waals surface area (Å²) in [4.78, 5) is 13.7. The average molecular weight is 305 g/mol. The van der Waals surface area contributed by atoms with E-state index in [-0.39, 0.29) is 24.1 Å². The summed E-state index contributed by atoms with van der Waals surface area (Å²) >= 11 is 0. The summed E-state index contributed by atoms with van der Waals surface area (Å²) < 4.78 is 23.7. The molecule has 1 atom stereocenters. The second-order valence-corrected chi connectivity index (χ2v) is 5.20. The minimum absolute atomic E-state index is 0.154. The van der Waals surface area contributed by atoms with E-state index in [9.17, 15) is 14.3 Å². The molecule has 1 aliphatic heterocycles. The number of carbonyl (C=O) groups is 1. The molecule has 22 heavy (non-hydrogen) atoms. The molecule has 5 nitrogen and oxygen atoms in total. The van der Waals surface area contributed by atoms with Gasteiger partial charge in [0.25, 0.3) is 5.91 Å². The first kappa shape index (κ1) is 14.6. The van der Waals surface area contributed by atoms with Gasteiger partial charge in [-0.1, -0.05) is 0 Å². The lowest BCUT2D eigenvalue weighted by molar-refractivity contribution is 0.0729. The maximum Gasteiger partial charge on any atom is 0.289 e. The van der Waals surface area contributed by atoms with Crippen LogP contribution in [0.5, 0.6) is 5.75 Å². The predicted octanol–water partition coefficient (Wildman–Crippen LogP) is 2.20. The van der Waals surface area contributed by atoms with Crippen molar-refractivity contribution in [1.82, 2.24) is 4.90 Å². The molecular formula is C16H16FNO4. The second kappa shape index (κ2) is 6.19. The number of hydrogen-bond donors (Lipinski definition) is 1. The zero-order chi connectivity index (χ0) is 15.5. The fourth-order valence-electron chi connectivity index (χ4n) is 2.34. The molecule has 0 saturated carbocycles. The molecule has 0 spiro atoms. The number of likely N-dealkylation sites (tertiary alicyclic amines) is 1. The van der Waals surface area contributed by atoms with Crippen LogP contribution in [0.4, 0.5) is 4.39 Å². The van der Waals surface area contributed by atoms with E-state index in [0.717, 1.165) is 0 Å². The van der Waals surface area contributed by atoms with Crippen molar-refractivity contribution in [3.63, 3.8) is 0 Å². The number of amides is 1. The number of benzene rings is 1. The van der Waals surface area contributed by atoms with Gasteiger partial charge in [-0.2, -0.15) is 0 Å². The summed E-state index contributed by atoms with van der Waals surface area (Å²) in [6.07, 6.45) is 0.132. The van der Waals surface area contributed by atoms with Crippen molar-refractivity contribution >= 4 is 5.91 Å². The molecule has 1 fully saturated rings. The van der Waals surface area contributed by atoms with Crippen molar-refractivity contribution in [2.24, 2.45) is 0 Å². The second-order valence-electron chi connectivity index (χ2n) is 5.20. The van der Waals surface area contributed by atoms with Crippen molar-refractivity contribution in [3.8, 4) is 5.75 Å². The Kier molecular flexibility index (Phi) is 4.11. The molecule has 0 radical (unpaired) electrons. The van der Waals surface area contributed by atoms with Crippen molar-refractivity contribution in [2.75, 3.05) is 13.1 Å². The number of hydrogen-bond acceptors (Lipinski definition) is 4. The molecule has 6 heteroatoms. The smallest absolute Gasteiger partial charge is 0.289 e. The number of furan rings is 1. The minimum Gasteiger partial charge on any atom is -0.486 e. The quantitative estimate of drug-likeness (QED) is 0.940. The third kappa shape index (κ3) is 3.28. The first-order valence-electron chi connectivity index (χ1n) is 7.06. The Morgan fingerprint density at radius 3 is 2.77 bits per heavy atom. The Morgan fingerprint density at radius 1 is 1.32 bits per heavy atom. The highest BCUT2D eigenvalue weighted by atomic mass is 19.1. The van der Waals surface area contributed by atoms with Crippen LogP contribution in [0.15, 0.2) is 40.8 Å². The Bertz CT molecular complexity index is 652. The lowest BCUT2D eigenvalue weighted by atomic mass is 10.3. The zero-order valence-corrected chi connectivity index (χ0v) is 11.9. The number of ether oxygens (including phenoxy) is 1. The SMILES string of the molecule is O=C(c1ccc(COc2ccc(F)cc2)o1)N1CC[C@@H](O)C1. The molecule has 1 aromatic carbocycles. The van der Waals surface area contributed by atoms with Crippen molar-refractivity contribution in [3.05, 3.63) is 53.7 Å². The van der Waals surface area contributed by atoms with Crippen LogP contribution in [-0.4, -0.2) is 35.1 Å². The Labute approximate surface area is 126 Å². The van der Waals surface area contributed by atoms with Crippen LogP contribution in [0.3, 0.4) is 0 Å². The van der Waals surface area contributed by atoms with Crippen LogP contribution >= 0.6 is 0 Å². The minimum atomic E-state index is -0.458. The van der Waals surface area contributed by atoms with Gasteiger partial charge in [-0.15, -0.1) is 0 Å². The first-order chi connectivity index (χ1) is 10.6. The Morgan fingerprint density at radius 2 is 2.09 bits per heavy atom. The van der Waals surface area contributed by atoms with Gasteiger partial charge in [0.1, 0.15) is 23.9 Å². The largest absolute Gasteiger partial charge is 0.486 e. The van der Waals surface area contributed by atoms with Gasteiger partial charge < -0.3 is 19.2 Å². The van der Waals surface area contributed by atoms with E-state index in [0.29, 0.717) is 31.0 Å². The Hall–Kier alpha value is -2.34. The van der Waals surface area contributed by atoms with E-state index >= 15 is 0 Å².